The van der Waals surface area contributed by atoms with Crippen LogP contribution >= 0.6 is 0 Å². The molecule has 0 spiro atoms. The van der Waals surface area contributed by atoms with Gasteiger partial charge in [0.2, 0.25) is 15.9 Å². The van der Waals surface area contributed by atoms with E-state index in [1.807, 2.05) is 18.7 Å². The number of ether oxygens (including phenoxy) is 1. The molecular weight excluding hydrogens is 408 g/mol. The van der Waals surface area contributed by atoms with Gasteiger partial charge in [-0.15, -0.1) is 0 Å². The molecule has 1 saturated heterocycles. The van der Waals surface area contributed by atoms with Crippen molar-refractivity contribution in [3.05, 3.63) is 23.8 Å². The molecule has 0 bridgehead atoms. The Hall–Kier alpha value is -2.17. The number of methoxy groups -OCH3 is 1. The fourth-order valence-electron chi connectivity index (χ4n) is 3.13. The van der Waals surface area contributed by atoms with E-state index in [9.17, 15) is 18.0 Å². The molecule has 0 aliphatic carbocycles. The molecule has 1 aliphatic heterocycles. The van der Waals surface area contributed by atoms with Crippen molar-refractivity contribution in [2.45, 2.75) is 31.2 Å². The molecule has 1 heterocycles. The van der Waals surface area contributed by atoms with Crippen molar-refractivity contribution in [2.75, 3.05) is 53.9 Å². The highest BCUT2D eigenvalue weighted by Crippen LogP contribution is 2.27. The molecule has 1 fully saturated rings. The maximum absolute atomic E-state index is 12.9. The Morgan fingerprint density at radius 3 is 2.37 bits per heavy atom. The maximum atomic E-state index is 12.9. The summed E-state index contributed by atoms with van der Waals surface area (Å²) in [6, 6.07) is 4.58. The van der Waals surface area contributed by atoms with Crippen LogP contribution in [0.3, 0.4) is 0 Å². The van der Waals surface area contributed by atoms with Crippen molar-refractivity contribution in [1.29, 1.82) is 0 Å². The molecule has 1 N–H and O–H groups in total. The third kappa shape index (κ3) is 5.71. The van der Waals surface area contributed by atoms with Crippen molar-refractivity contribution < 1.29 is 22.7 Å². The number of carbonyl (C=O) groups is 2. The lowest BCUT2D eigenvalue weighted by Gasteiger charge is -2.34. The summed E-state index contributed by atoms with van der Waals surface area (Å²) >= 11 is 0. The third-order valence-corrected chi connectivity index (χ3v) is 7.05. The molecule has 1 aromatic rings. The van der Waals surface area contributed by atoms with E-state index >= 15 is 0 Å². The van der Waals surface area contributed by atoms with Crippen LogP contribution in [0.4, 0.5) is 0 Å². The summed E-state index contributed by atoms with van der Waals surface area (Å²) in [5.74, 6) is -0.0632. The van der Waals surface area contributed by atoms with Crippen molar-refractivity contribution in [3.8, 4) is 5.75 Å². The van der Waals surface area contributed by atoms with E-state index in [0.29, 0.717) is 38.3 Å². The minimum Gasteiger partial charge on any atom is -0.495 e. The monoisotopic (exact) mass is 440 g/mol. The first-order valence-corrected chi connectivity index (χ1v) is 11.5. The number of hydrogen-bond acceptors (Lipinski definition) is 6. The predicted molar refractivity (Wildman–Crippen MR) is 114 cm³/mol. The minimum absolute atomic E-state index is 0.0159. The van der Waals surface area contributed by atoms with Crippen molar-refractivity contribution in [2.24, 2.45) is 0 Å². The number of nitrogens with one attached hydrogen (secondary N) is 1. The Morgan fingerprint density at radius 2 is 1.83 bits per heavy atom. The van der Waals surface area contributed by atoms with Gasteiger partial charge in [0.15, 0.2) is 0 Å². The van der Waals surface area contributed by atoms with Crippen LogP contribution in [-0.4, -0.2) is 94.3 Å². The second kappa shape index (κ2) is 10.2. The number of nitrogens with zero attached hydrogens (tertiary/aromatic N) is 3. The van der Waals surface area contributed by atoms with E-state index in [1.54, 1.807) is 11.0 Å². The van der Waals surface area contributed by atoms with Gasteiger partial charge in [-0.2, -0.15) is 0 Å². The minimum atomic E-state index is -3.76. The molecule has 168 valence electrons. The van der Waals surface area contributed by atoms with Crippen molar-refractivity contribution >= 4 is 21.8 Å². The molecule has 0 radical (unpaired) electrons. The molecule has 1 atom stereocenters. The normalized spacial score (nSPS) is 16.4. The van der Waals surface area contributed by atoms with Crippen LogP contribution in [0.5, 0.6) is 5.75 Å². The molecule has 2 rings (SSSR count). The van der Waals surface area contributed by atoms with Crippen LogP contribution < -0.4 is 10.1 Å². The molecule has 1 unspecified atom stereocenters. The van der Waals surface area contributed by atoms with E-state index < -0.39 is 10.0 Å². The molecule has 1 aromatic carbocycles. The van der Waals surface area contributed by atoms with Crippen LogP contribution in [-0.2, 0) is 14.8 Å². The van der Waals surface area contributed by atoms with Crippen LogP contribution in [0.1, 0.15) is 30.6 Å². The Balaban J connectivity index is 2.06. The van der Waals surface area contributed by atoms with Crippen LogP contribution in [0.2, 0.25) is 0 Å². The summed E-state index contributed by atoms with van der Waals surface area (Å²) in [7, 11) is 0.496. The first-order valence-electron chi connectivity index (χ1n) is 10.0. The van der Waals surface area contributed by atoms with E-state index in [2.05, 4.69) is 5.32 Å². The Kier molecular flexibility index (Phi) is 8.22. The summed E-state index contributed by atoms with van der Waals surface area (Å²) in [6.45, 7) is 6.39. The fourth-order valence-corrected chi connectivity index (χ4v) is 4.20. The quantitative estimate of drug-likeness (QED) is 0.636. The largest absolute Gasteiger partial charge is 0.495 e. The first kappa shape index (κ1) is 24.1. The van der Waals surface area contributed by atoms with E-state index in [0.717, 1.165) is 10.7 Å². The summed E-state index contributed by atoms with van der Waals surface area (Å²) in [4.78, 5) is 28.6. The second-order valence-corrected chi connectivity index (χ2v) is 9.72. The van der Waals surface area contributed by atoms with Gasteiger partial charge in [0.05, 0.1) is 13.7 Å². The van der Waals surface area contributed by atoms with Crippen molar-refractivity contribution in [1.82, 2.24) is 19.4 Å². The van der Waals surface area contributed by atoms with Crippen LogP contribution in [0, 0.1) is 0 Å². The Labute approximate surface area is 179 Å². The van der Waals surface area contributed by atoms with E-state index in [4.69, 9.17) is 4.74 Å². The number of benzene rings is 1. The van der Waals surface area contributed by atoms with E-state index in [1.165, 1.54) is 33.3 Å². The van der Waals surface area contributed by atoms with Gasteiger partial charge in [-0.05, 0) is 31.5 Å². The summed E-state index contributed by atoms with van der Waals surface area (Å²) in [5, 5.41) is 2.94. The van der Waals surface area contributed by atoms with Crippen molar-refractivity contribution in [3.63, 3.8) is 0 Å². The fraction of sp³-hybridized carbons (Fsp3) is 0.600. The average molecular weight is 441 g/mol. The Bertz CT molecular complexity index is 864. The second-order valence-electron chi connectivity index (χ2n) is 7.60. The van der Waals surface area contributed by atoms with Gasteiger partial charge in [0, 0.05) is 51.9 Å². The number of carbonyl (C=O) groups excluding carboxylic acids is 2. The third-order valence-electron chi connectivity index (χ3n) is 5.22. The van der Waals surface area contributed by atoms with Gasteiger partial charge in [0.1, 0.15) is 10.6 Å². The highest BCUT2D eigenvalue weighted by atomic mass is 32.2. The topological polar surface area (TPSA) is 99.3 Å². The first-order chi connectivity index (χ1) is 14.1. The van der Waals surface area contributed by atoms with Gasteiger partial charge >= 0.3 is 0 Å². The number of piperazine rings is 1. The lowest BCUT2D eigenvalue weighted by Crippen LogP contribution is -2.51. The summed E-state index contributed by atoms with van der Waals surface area (Å²) in [6.07, 6.45) is 0.876. The number of amides is 2. The number of hydrogen-bond donors (Lipinski definition) is 1. The zero-order chi connectivity index (χ0) is 22.5. The lowest BCUT2D eigenvalue weighted by atomic mass is 10.1. The van der Waals surface area contributed by atoms with Crippen LogP contribution in [0.25, 0.3) is 0 Å². The summed E-state index contributed by atoms with van der Waals surface area (Å²) < 4.78 is 31.4. The van der Waals surface area contributed by atoms with Gasteiger partial charge in [-0.3, -0.25) is 14.5 Å². The van der Waals surface area contributed by atoms with Gasteiger partial charge < -0.3 is 15.0 Å². The predicted octanol–water partition coefficient (Wildman–Crippen LogP) is 0.618. The summed E-state index contributed by atoms with van der Waals surface area (Å²) in [5.41, 5.74) is 0.291. The SMILES string of the molecule is CCC(C)NC(=O)CN1CCN(C(=O)c2ccc(OC)c(S(=O)(=O)N(C)C)c2)CC1. The molecule has 9 nitrogen and oxygen atoms in total. The molecule has 0 aromatic heterocycles. The smallest absolute Gasteiger partial charge is 0.253 e. The van der Waals surface area contributed by atoms with E-state index in [-0.39, 0.29) is 28.5 Å². The van der Waals surface area contributed by atoms with Crippen LogP contribution in [0.15, 0.2) is 23.1 Å². The highest BCUT2D eigenvalue weighted by molar-refractivity contribution is 7.89. The number of sulfonamides is 1. The zero-order valence-corrected chi connectivity index (χ0v) is 19.2. The Morgan fingerprint density at radius 1 is 1.20 bits per heavy atom. The van der Waals surface area contributed by atoms with Gasteiger partial charge in [-0.1, -0.05) is 6.92 Å². The molecule has 30 heavy (non-hydrogen) atoms. The van der Waals surface area contributed by atoms with Gasteiger partial charge in [0.25, 0.3) is 5.91 Å². The highest BCUT2D eigenvalue weighted by Gasteiger charge is 2.27. The molecule has 1 aliphatic rings. The molecule has 0 saturated carbocycles. The standard InChI is InChI=1S/C20H32N4O5S/c1-6-15(2)21-19(25)14-23-9-11-24(12-10-23)20(26)16-7-8-17(29-5)18(13-16)30(27,28)22(3)4/h7-8,13,15H,6,9-12,14H2,1-5H3,(H,21,25). The molecule has 2 amide bonds. The lowest BCUT2D eigenvalue weighted by molar-refractivity contribution is -0.123. The molecule has 10 heteroatoms. The molecular formula is C20H32N4O5S. The average Bonchev–Trinajstić information content (AvgIpc) is 2.72. The van der Waals surface area contributed by atoms with Gasteiger partial charge in [-0.25, -0.2) is 12.7 Å². The number of rotatable bonds is 8. The zero-order valence-electron chi connectivity index (χ0n) is 18.3. The maximum Gasteiger partial charge on any atom is 0.253 e.